The maximum Gasteiger partial charge on any atom is 0.216 e. The first-order valence-corrected chi connectivity index (χ1v) is 6.90. The molecule has 104 valence electrons. The van der Waals surface area contributed by atoms with Crippen molar-refractivity contribution in [2.45, 2.75) is 25.8 Å². The van der Waals surface area contributed by atoms with E-state index in [9.17, 15) is 9.18 Å². The van der Waals surface area contributed by atoms with E-state index in [0.29, 0.717) is 17.1 Å². The van der Waals surface area contributed by atoms with Gasteiger partial charge in [-0.3, -0.25) is 9.69 Å². The Bertz CT molecular complexity index is 441. The molecule has 1 aliphatic rings. The van der Waals surface area contributed by atoms with Crippen molar-refractivity contribution in [3.05, 3.63) is 34.6 Å². The summed E-state index contributed by atoms with van der Waals surface area (Å²) in [6, 6.07) is 4.51. The van der Waals surface area contributed by atoms with E-state index in [1.807, 2.05) is 0 Å². The van der Waals surface area contributed by atoms with Gasteiger partial charge in [0.15, 0.2) is 0 Å². The fourth-order valence-corrected chi connectivity index (χ4v) is 2.83. The third-order valence-corrected chi connectivity index (χ3v) is 3.79. The van der Waals surface area contributed by atoms with Gasteiger partial charge in [0.1, 0.15) is 5.82 Å². The number of rotatable bonds is 4. The number of hydrogen-bond donors (Lipinski definition) is 1. The van der Waals surface area contributed by atoms with E-state index in [0.717, 1.165) is 25.9 Å². The maximum atomic E-state index is 14.1. The van der Waals surface area contributed by atoms with Crippen LogP contribution in [0.15, 0.2) is 18.2 Å². The van der Waals surface area contributed by atoms with Crippen molar-refractivity contribution >= 4 is 17.5 Å². The highest BCUT2D eigenvalue weighted by atomic mass is 35.5. The molecule has 0 radical (unpaired) electrons. The number of nitrogens with one attached hydrogen (secondary N) is 1. The summed E-state index contributed by atoms with van der Waals surface area (Å²) in [5, 5.41) is 3.19. The zero-order chi connectivity index (χ0) is 13.8. The molecule has 1 saturated heterocycles. The van der Waals surface area contributed by atoms with Crippen LogP contribution in [-0.2, 0) is 4.79 Å². The van der Waals surface area contributed by atoms with Gasteiger partial charge in [0.25, 0.3) is 0 Å². The first kappa shape index (κ1) is 14.3. The Morgan fingerprint density at radius 1 is 1.47 bits per heavy atom. The number of benzene rings is 1. The molecule has 1 atom stereocenters. The SMILES string of the molecule is CC(=O)NCC(c1c(F)cccc1Cl)N1CCCC1. The lowest BCUT2D eigenvalue weighted by molar-refractivity contribution is -0.119. The lowest BCUT2D eigenvalue weighted by atomic mass is 10.0. The van der Waals surface area contributed by atoms with E-state index in [1.165, 1.54) is 13.0 Å². The minimum Gasteiger partial charge on any atom is -0.354 e. The van der Waals surface area contributed by atoms with Crippen molar-refractivity contribution in [3.8, 4) is 0 Å². The summed E-state index contributed by atoms with van der Waals surface area (Å²) in [5.74, 6) is -0.425. The average molecular weight is 285 g/mol. The third kappa shape index (κ3) is 3.45. The van der Waals surface area contributed by atoms with Gasteiger partial charge in [0, 0.05) is 24.1 Å². The molecule has 19 heavy (non-hydrogen) atoms. The van der Waals surface area contributed by atoms with Gasteiger partial charge in [-0.1, -0.05) is 17.7 Å². The van der Waals surface area contributed by atoms with E-state index in [-0.39, 0.29) is 17.8 Å². The van der Waals surface area contributed by atoms with Gasteiger partial charge in [-0.15, -0.1) is 0 Å². The van der Waals surface area contributed by atoms with E-state index >= 15 is 0 Å². The highest BCUT2D eigenvalue weighted by Gasteiger charge is 2.27. The molecule has 3 nitrogen and oxygen atoms in total. The lowest BCUT2D eigenvalue weighted by Crippen LogP contribution is -2.36. The Morgan fingerprint density at radius 3 is 2.74 bits per heavy atom. The minimum atomic E-state index is -0.310. The first-order chi connectivity index (χ1) is 9.09. The molecule has 1 aromatic rings. The molecular weight excluding hydrogens is 267 g/mol. The van der Waals surface area contributed by atoms with Crippen molar-refractivity contribution in [3.63, 3.8) is 0 Å². The van der Waals surface area contributed by atoms with Gasteiger partial charge in [0.2, 0.25) is 5.91 Å². The maximum absolute atomic E-state index is 14.1. The summed E-state index contributed by atoms with van der Waals surface area (Å²) >= 11 is 6.14. The smallest absolute Gasteiger partial charge is 0.216 e. The zero-order valence-electron chi connectivity index (χ0n) is 11.0. The molecule has 0 aliphatic carbocycles. The molecule has 1 fully saturated rings. The summed E-state index contributed by atoms with van der Waals surface area (Å²) in [6.07, 6.45) is 2.20. The van der Waals surface area contributed by atoms with Crippen LogP contribution >= 0.6 is 11.6 Å². The van der Waals surface area contributed by atoms with Crippen molar-refractivity contribution in [1.82, 2.24) is 10.2 Å². The van der Waals surface area contributed by atoms with Crippen LogP contribution in [0.2, 0.25) is 5.02 Å². The quantitative estimate of drug-likeness (QED) is 0.922. The van der Waals surface area contributed by atoms with Crippen molar-refractivity contribution in [2.75, 3.05) is 19.6 Å². The zero-order valence-corrected chi connectivity index (χ0v) is 11.7. The number of likely N-dealkylation sites (tertiary alicyclic amines) is 1. The predicted octanol–water partition coefficient (Wildman–Crippen LogP) is 2.75. The average Bonchev–Trinajstić information content (AvgIpc) is 2.86. The largest absolute Gasteiger partial charge is 0.354 e. The lowest BCUT2D eigenvalue weighted by Gasteiger charge is -2.29. The highest BCUT2D eigenvalue weighted by molar-refractivity contribution is 6.31. The molecule has 5 heteroatoms. The summed E-state index contributed by atoms with van der Waals surface area (Å²) in [4.78, 5) is 13.3. The topological polar surface area (TPSA) is 32.3 Å². The molecule has 0 bridgehead atoms. The fourth-order valence-electron chi connectivity index (χ4n) is 2.54. The standard InChI is InChI=1S/C14H18ClFN2O/c1-10(19)17-9-13(18-7-2-3-8-18)14-11(15)5-4-6-12(14)16/h4-6,13H,2-3,7-9H2,1H3,(H,17,19). The van der Waals surface area contributed by atoms with Crippen molar-refractivity contribution < 1.29 is 9.18 Å². The molecule has 0 saturated carbocycles. The molecule has 0 spiro atoms. The molecule has 1 N–H and O–H groups in total. The van der Waals surface area contributed by atoms with E-state index in [2.05, 4.69) is 10.2 Å². The number of hydrogen-bond acceptors (Lipinski definition) is 2. The van der Waals surface area contributed by atoms with Crippen LogP contribution in [0.4, 0.5) is 4.39 Å². The minimum absolute atomic E-state index is 0.114. The Balaban J connectivity index is 2.27. The normalized spacial score (nSPS) is 17.4. The number of halogens is 2. The van der Waals surface area contributed by atoms with Gasteiger partial charge in [-0.2, -0.15) is 0 Å². The van der Waals surface area contributed by atoms with Crippen molar-refractivity contribution in [2.24, 2.45) is 0 Å². The summed E-state index contributed by atoms with van der Waals surface area (Å²) in [5.41, 5.74) is 0.486. The molecule has 0 aromatic heterocycles. The van der Waals surface area contributed by atoms with Crippen molar-refractivity contribution in [1.29, 1.82) is 0 Å². The van der Waals surface area contributed by atoms with Crippen LogP contribution in [0.1, 0.15) is 31.4 Å². The highest BCUT2D eigenvalue weighted by Crippen LogP contribution is 2.31. The molecule has 1 aromatic carbocycles. The van der Waals surface area contributed by atoms with Gasteiger partial charge in [-0.05, 0) is 38.1 Å². The summed E-state index contributed by atoms with van der Waals surface area (Å²) in [6.45, 7) is 3.67. The van der Waals surface area contributed by atoms with E-state index in [4.69, 9.17) is 11.6 Å². The molecular formula is C14H18ClFN2O. The second-order valence-corrected chi connectivity index (χ2v) is 5.24. The molecule has 1 unspecified atom stereocenters. The van der Waals surface area contributed by atoms with Crippen LogP contribution < -0.4 is 5.32 Å². The van der Waals surface area contributed by atoms with E-state index < -0.39 is 0 Å². The van der Waals surface area contributed by atoms with Gasteiger partial charge in [0.05, 0.1) is 6.04 Å². The molecule has 2 rings (SSSR count). The fraction of sp³-hybridized carbons (Fsp3) is 0.500. The Hall–Kier alpha value is -1.13. The number of carbonyl (C=O) groups excluding carboxylic acids is 1. The van der Waals surface area contributed by atoms with Gasteiger partial charge in [-0.25, -0.2) is 4.39 Å². The monoisotopic (exact) mass is 284 g/mol. The first-order valence-electron chi connectivity index (χ1n) is 6.52. The second-order valence-electron chi connectivity index (χ2n) is 4.83. The Labute approximate surface area is 117 Å². The number of nitrogens with zero attached hydrogens (tertiary/aromatic N) is 1. The third-order valence-electron chi connectivity index (χ3n) is 3.46. The number of carbonyl (C=O) groups is 1. The Morgan fingerprint density at radius 2 is 2.16 bits per heavy atom. The summed E-state index contributed by atoms with van der Waals surface area (Å²) in [7, 11) is 0. The predicted molar refractivity (Wildman–Crippen MR) is 73.6 cm³/mol. The van der Waals surface area contributed by atoms with Crippen LogP contribution in [-0.4, -0.2) is 30.4 Å². The molecule has 1 amide bonds. The number of amides is 1. The second kappa shape index (κ2) is 6.35. The van der Waals surface area contributed by atoms with E-state index in [1.54, 1.807) is 12.1 Å². The molecule has 1 aliphatic heterocycles. The van der Waals surface area contributed by atoms with Crippen LogP contribution in [0.5, 0.6) is 0 Å². The van der Waals surface area contributed by atoms with Gasteiger partial charge >= 0.3 is 0 Å². The molecule has 1 heterocycles. The van der Waals surface area contributed by atoms with Crippen LogP contribution in [0, 0.1) is 5.82 Å². The van der Waals surface area contributed by atoms with Gasteiger partial charge < -0.3 is 5.32 Å². The summed E-state index contributed by atoms with van der Waals surface area (Å²) < 4.78 is 14.1. The van der Waals surface area contributed by atoms with Crippen LogP contribution in [0.3, 0.4) is 0 Å². The Kier molecular flexibility index (Phi) is 4.77. The van der Waals surface area contributed by atoms with Crippen LogP contribution in [0.25, 0.3) is 0 Å².